The summed E-state index contributed by atoms with van der Waals surface area (Å²) in [5, 5.41) is 21.5. The van der Waals surface area contributed by atoms with Crippen LogP contribution in [0.15, 0.2) is 54.9 Å². The average Bonchev–Trinajstić information content (AvgIpc) is 3.43. The molecule has 1 aliphatic rings. The standard InChI is InChI=1S/C21H21N5O3/c27-20(28)14-25(16-8-4-5-9-16)21(29)18-12-19(15-6-2-1-3-7-15)26(24-18)17-10-11-22-23-13-17/h1-3,6-7,10-13,16H,4-5,8-9,14H2,(H,27,28). The summed E-state index contributed by atoms with van der Waals surface area (Å²) in [5.41, 5.74) is 2.50. The maximum Gasteiger partial charge on any atom is 0.323 e. The van der Waals surface area contributed by atoms with Crippen LogP contribution in [0.1, 0.15) is 36.2 Å². The van der Waals surface area contributed by atoms with Crippen molar-refractivity contribution >= 4 is 11.9 Å². The van der Waals surface area contributed by atoms with Gasteiger partial charge in [-0.1, -0.05) is 43.2 Å². The Morgan fingerprint density at radius 3 is 2.52 bits per heavy atom. The minimum Gasteiger partial charge on any atom is -0.480 e. The molecule has 29 heavy (non-hydrogen) atoms. The Balaban J connectivity index is 1.76. The van der Waals surface area contributed by atoms with Gasteiger partial charge in [0.15, 0.2) is 5.69 Å². The van der Waals surface area contributed by atoms with E-state index < -0.39 is 5.97 Å². The van der Waals surface area contributed by atoms with Crippen LogP contribution in [0.4, 0.5) is 0 Å². The molecule has 0 bridgehead atoms. The van der Waals surface area contributed by atoms with Crippen LogP contribution in [0.5, 0.6) is 0 Å². The summed E-state index contributed by atoms with van der Waals surface area (Å²) in [5.74, 6) is -1.39. The first kappa shape index (κ1) is 18.8. The normalized spacial score (nSPS) is 14.1. The van der Waals surface area contributed by atoms with Gasteiger partial charge in [-0.3, -0.25) is 9.59 Å². The van der Waals surface area contributed by atoms with Gasteiger partial charge in [-0.25, -0.2) is 4.68 Å². The van der Waals surface area contributed by atoms with Crippen molar-refractivity contribution in [3.8, 4) is 16.9 Å². The van der Waals surface area contributed by atoms with E-state index in [2.05, 4.69) is 15.3 Å². The van der Waals surface area contributed by atoms with Gasteiger partial charge in [0.1, 0.15) is 6.54 Å². The second-order valence-electron chi connectivity index (χ2n) is 7.06. The molecule has 0 saturated heterocycles. The van der Waals surface area contributed by atoms with Gasteiger partial charge in [0.25, 0.3) is 5.91 Å². The Morgan fingerprint density at radius 1 is 1.10 bits per heavy atom. The second-order valence-corrected chi connectivity index (χ2v) is 7.06. The molecule has 8 heteroatoms. The van der Waals surface area contributed by atoms with Gasteiger partial charge in [0.2, 0.25) is 0 Å². The largest absolute Gasteiger partial charge is 0.480 e. The Labute approximate surface area is 167 Å². The molecule has 1 fully saturated rings. The quantitative estimate of drug-likeness (QED) is 0.693. The predicted octanol–water partition coefficient (Wildman–Crippen LogP) is 2.80. The number of benzene rings is 1. The number of aliphatic carboxylic acids is 1. The van der Waals surface area contributed by atoms with E-state index in [-0.39, 0.29) is 24.2 Å². The van der Waals surface area contributed by atoms with Crippen LogP contribution in [-0.4, -0.2) is 54.4 Å². The van der Waals surface area contributed by atoms with Crippen LogP contribution in [-0.2, 0) is 4.79 Å². The van der Waals surface area contributed by atoms with Gasteiger partial charge in [-0.05, 0) is 25.0 Å². The molecule has 1 N–H and O–H groups in total. The summed E-state index contributed by atoms with van der Waals surface area (Å²) < 4.78 is 1.64. The molecule has 3 aromatic rings. The van der Waals surface area contributed by atoms with Gasteiger partial charge >= 0.3 is 5.97 Å². The van der Waals surface area contributed by atoms with Crippen LogP contribution in [0, 0.1) is 0 Å². The molecule has 0 aliphatic heterocycles. The van der Waals surface area contributed by atoms with E-state index in [4.69, 9.17) is 0 Å². The fourth-order valence-electron chi connectivity index (χ4n) is 3.78. The number of carboxylic acid groups (broad SMARTS) is 1. The van der Waals surface area contributed by atoms with Crippen molar-refractivity contribution in [1.29, 1.82) is 0 Å². The Kier molecular flexibility index (Phi) is 5.33. The van der Waals surface area contributed by atoms with E-state index in [9.17, 15) is 14.7 Å². The lowest BCUT2D eigenvalue weighted by Gasteiger charge is -2.26. The number of carboxylic acids is 1. The number of aromatic nitrogens is 4. The molecular formula is C21H21N5O3. The molecule has 1 amide bonds. The van der Waals surface area contributed by atoms with Crippen molar-refractivity contribution in [2.45, 2.75) is 31.7 Å². The molecule has 8 nitrogen and oxygen atoms in total. The lowest BCUT2D eigenvalue weighted by molar-refractivity contribution is -0.138. The average molecular weight is 391 g/mol. The van der Waals surface area contributed by atoms with Crippen molar-refractivity contribution in [3.63, 3.8) is 0 Å². The first-order valence-corrected chi connectivity index (χ1v) is 9.59. The number of rotatable bonds is 6. The first-order chi connectivity index (χ1) is 14.1. The van der Waals surface area contributed by atoms with E-state index >= 15 is 0 Å². The third kappa shape index (κ3) is 4.01. The topological polar surface area (TPSA) is 101 Å². The highest BCUT2D eigenvalue weighted by atomic mass is 16.4. The fourth-order valence-corrected chi connectivity index (χ4v) is 3.78. The van der Waals surface area contributed by atoms with Crippen molar-refractivity contribution in [3.05, 3.63) is 60.6 Å². The van der Waals surface area contributed by atoms with Gasteiger partial charge < -0.3 is 10.0 Å². The van der Waals surface area contributed by atoms with Gasteiger partial charge in [-0.15, -0.1) is 0 Å². The molecule has 0 radical (unpaired) electrons. The number of nitrogens with zero attached hydrogens (tertiary/aromatic N) is 5. The molecule has 0 spiro atoms. The van der Waals surface area contributed by atoms with Crippen LogP contribution >= 0.6 is 0 Å². The third-order valence-corrected chi connectivity index (χ3v) is 5.14. The van der Waals surface area contributed by atoms with E-state index in [1.165, 1.54) is 4.90 Å². The monoisotopic (exact) mass is 391 g/mol. The van der Waals surface area contributed by atoms with E-state index in [0.717, 1.165) is 36.9 Å². The Morgan fingerprint density at radius 2 is 1.86 bits per heavy atom. The highest BCUT2D eigenvalue weighted by molar-refractivity contribution is 5.95. The van der Waals surface area contributed by atoms with Crippen LogP contribution < -0.4 is 0 Å². The first-order valence-electron chi connectivity index (χ1n) is 9.59. The van der Waals surface area contributed by atoms with Gasteiger partial charge in [0, 0.05) is 11.6 Å². The highest BCUT2D eigenvalue weighted by Crippen LogP contribution is 2.27. The molecule has 0 unspecified atom stereocenters. The van der Waals surface area contributed by atoms with Crippen molar-refractivity contribution < 1.29 is 14.7 Å². The van der Waals surface area contributed by atoms with E-state index in [1.807, 2.05) is 30.3 Å². The smallest absolute Gasteiger partial charge is 0.323 e. The minimum atomic E-state index is -1.02. The number of carbonyl (C=O) groups is 2. The summed E-state index contributed by atoms with van der Waals surface area (Å²) in [6.07, 6.45) is 6.77. The highest BCUT2D eigenvalue weighted by Gasteiger charge is 2.31. The molecular weight excluding hydrogens is 370 g/mol. The molecule has 1 aromatic carbocycles. The SMILES string of the molecule is O=C(O)CN(C(=O)c1cc(-c2ccccc2)n(-c2ccnnc2)n1)C1CCCC1. The number of hydrogen-bond donors (Lipinski definition) is 1. The van der Waals surface area contributed by atoms with Crippen LogP contribution in [0.3, 0.4) is 0 Å². The maximum atomic E-state index is 13.3. The van der Waals surface area contributed by atoms with Gasteiger partial charge in [0.05, 0.1) is 23.8 Å². The minimum absolute atomic E-state index is 0.0634. The number of hydrogen-bond acceptors (Lipinski definition) is 5. The molecule has 4 rings (SSSR count). The molecule has 2 aromatic heterocycles. The zero-order valence-electron chi connectivity index (χ0n) is 15.8. The second kappa shape index (κ2) is 8.22. The van der Waals surface area contributed by atoms with Crippen LogP contribution in [0.2, 0.25) is 0 Å². The Bertz CT molecular complexity index is 941. The van der Waals surface area contributed by atoms with Crippen molar-refractivity contribution in [2.24, 2.45) is 0 Å². The summed E-state index contributed by atoms with van der Waals surface area (Å²) in [6.45, 7) is -0.326. The molecule has 2 heterocycles. The summed E-state index contributed by atoms with van der Waals surface area (Å²) in [7, 11) is 0. The third-order valence-electron chi connectivity index (χ3n) is 5.14. The van der Waals surface area contributed by atoms with Crippen molar-refractivity contribution in [2.75, 3.05) is 6.54 Å². The van der Waals surface area contributed by atoms with Crippen LogP contribution in [0.25, 0.3) is 16.9 Å². The predicted molar refractivity (Wildman–Crippen MR) is 106 cm³/mol. The molecule has 1 aliphatic carbocycles. The molecule has 1 saturated carbocycles. The lowest BCUT2D eigenvalue weighted by Crippen LogP contribution is -2.42. The van der Waals surface area contributed by atoms with E-state index in [1.54, 1.807) is 29.2 Å². The fraction of sp³-hybridized carbons (Fsp3) is 0.286. The zero-order valence-corrected chi connectivity index (χ0v) is 15.8. The summed E-state index contributed by atoms with van der Waals surface area (Å²) >= 11 is 0. The maximum absolute atomic E-state index is 13.3. The van der Waals surface area contributed by atoms with Crippen molar-refractivity contribution in [1.82, 2.24) is 24.9 Å². The van der Waals surface area contributed by atoms with E-state index in [0.29, 0.717) is 5.69 Å². The van der Waals surface area contributed by atoms with Gasteiger partial charge in [-0.2, -0.15) is 15.3 Å². The summed E-state index contributed by atoms with van der Waals surface area (Å²) in [6, 6.07) is 13.0. The summed E-state index contributed by atoms with van der Waals surface area (Å²) in [4.78, 5) is 26.1. The number of carbonyl (C=O) groups excluding carboxylic acids is 1. The zero-order chi connectivity index (χ0) is 20.2. The lowest BCUT2D eigenvalue weighted by atomic mass is 10.1. The number of amides is 1. The molecule has 148 valence electrons. The molecule has 0 atom stereocenters. The Hall–Kier alpha value is -3.55.